The second-order valence-corrected chi connectivity index (χ2v) is 12.0. The van der Waals surface area contributed by atoms with Gasteiger partial charge in [0.25, 0.3) is 0 Å². The number of carbonyl (C=O) groups excluding carboxylic acids is 2. The number of hydrogen-bond donors (Lipinski definition) is 1. The van der Waals surface area contributed by atoms with Crippen molar-refractivity contribution in [3.8, 4) is 0 Å². The van der Waals surface area contributed by atoms with Crippen molar-refractivity contribution in [3.05, 3.63) is 0 Å². The molecule has 1 N–H and O–H groups in total. The van der Waals surface area contributed by atoms with E-state index in [0.717, 1.165) is 44.9 Å². The molecule has 4 nitrogen and oxygen atoms in total. The van der Waals surface area contributed by atoms with Crippen molar-refractivity contribution >= 4 is 11.8 Å². The fraction of sp³-hybridized carbons (Fsp3) is 0.926. The fourth-order valence-electron chi connectivity index (χ4n) is 9.26. The summed E-state index contributed by atoms with van der Waals surface area (Å²) >= 11 is 0. The van der Waals surface area contributed by atoms with Gasteiger partial charge in [-0.2, -0.15) is 0 Å². The minimum Gasteiger partial charge on any atom is -0.469 e. The van der Waals surface area contributed by atoms with Crippen LogP contribution in [-0.4, -0.2) is 30.1 Å². The number of fused-ring (bicyclic) bond motifs is 5. The number of esters is 1. The molecule has 4 fully saturated rings. The molecule has 0 aromatic heterocycles. The van der Waals surface area contributed by atoms with Crippen LogP contribution in [0.2, 0.25) is 0 Å². The molecule has 0 heterocycles. The van der Waals surface area contributed by atoms with Crippen LogP contribution < -0.4 is 0 Å². The normalized spacial score (nSPS) is 47.8. The van der Waals surface area contributed by atoms with Crippen LogP contribution in [0.5, 0.6) is 0 Å². The molecule has 4 saturated carbocycles. The third-order valence-corrected chi connectivity index (χ3v) is 10.9. The molecule has 0 aromatic rings. The van der Waals surface area contributed by atoms with Crippen molar-refractivity contribution in [2.75, 3.05) is 7.11 Å². The third-order valence-electron chi connectivity index (χ3n) is 10.9. The zero-order valence-electron chi connectivity index (χ0n) is 20.4. The monoisotopic (exact) mass is 432 g/mol. The van der Waals surface area contributed by atoms with Crippen LogP contribution in [0.15, 0.2) is 0 Å². The van der Waals surface area contributed by atoms with Crippen LogP contribution >= 0.6 is 0 Å². The van der Waals surface area contributed by atoms with Gasteiger partial charge in [-0.3, -0.25) is 9.59 Å². The molecular formula is C27H44O4. The van der Waals surface area contributed by atoms with E-state index in [1.807, 2.05) is 0 Å². The van der Waals surface area contributed by atoms with Gasteiger partial charge in [0.05, 0.1) is 13.2 Å². The molecule has 4 rings (SSSR count). The average molecular weight is 433 g/mol. The zero-order valence-corrected chi connectivity index (χ0v) is 20.4. The van der Waals surface area contributed by atoms with Gasteiger partial charge in [0.1, 0.15) is 5.78 Å². The van der Waals surface area contributed by atoms with E-state index in [1.54, 1.807) is 0 Å². The van der Waals surface area contributed by atoms with Gasteiger partial charge in [-0.15, -0.1) is 0 Å². The van der Waals surface area contributed by atoms with Gasteiger partial charge in [0.15, 0.2) is 0 Å². The predicted molar refractivity (Wildman–Crippen MR) is 121 cm³/mol. The lowest BCUT2D eigenvalue weighted by molar-refractivity contribution is -0.173. The molecule has 31 heavy (non-hydrogen) atoms. The lowest BCUT2D eigenvalue weighted by atomic mass is 9.42. The summed E-state index contributed by atoms with van der Waals surface area (Å²) in [7, 11) is 1.47. The first-order valence-corrected chi connectivity index (χ1v) is 13.0. The number of carbonyl (C=O) groups is 2. The van der Waals surface area contributed by atoms with Crippen LogP contribution in [0, 0.1) is 52.3 Å². The summed E-state index contributed by atoms with van der Waals surface area (Å²) in [6.45, 7) is 9.42. The van der Waals surface area contributed by atoms with E-state index in [0.29, 0.717) is 41.8 Å². The predicted octanol–water partition coefficient (Wildman–Crippen LogP) is 5.41. The Morgan fingerprint density at radius 3 is 2.45 bits per heavy atom. The van der Waals surface area contributed by atoms with Crippen LogP contribution in [0.4, 0.5) is 0 Å². The Morgan fingerprint density at radius 2 is 1.77 bits per heavy atom. The molecule has 4 aliphatic rings. The highest BCUT2D eigenvalue weighted by Crippen LogP contribution is 2.68. The van der Waals surface area contributed by atoms with E-state index in [2.05, 4.69) is 27.7 Å². The Kier molecular flexibility index (Phi) is 6.35. The highest BCUT2D eigenvalue weighted by molar-refractivity contribution is 5.86. The Labute approximate surface area is 188 Å². The van der Waals surface area contributed by atoms with Crippen molar-refractivity contribution in [2.24, 2.45) is 52.3 Å². The van der Waals surface area contributed by atoms with Crippen molar-refractivity contribution < 1.29 is 19.4 Å². The number of ketones is 1. The minimum absolute atomic E-state index is 0.109. The largest absolute Gasteiger partial charge is 0.469 e. The van der Waals surface area contributed by atoms with E-state index in [9.17, 15) is 14.7 Å². The maximum Gasteiger partial charge on any atom is 0.305 e. The van der Waals surface area contributed by atoms with Gasteiger partial charge >= 0.3 is 5.97 Å². The lowest BCUT2D eigenvalue weighted by Crippen LogP contribution is -2.60. The number of Topliss-reactive ketones (excluding diaryl/α,β-unsaturated/α-hetero) is 1. The summed E-state index contributed by atoms with van der Waals surface area (Å²) in [4.78, 5) is 25.7. The average Bonchev–Trinajstić information content (AvgIpc) is 3.10. The van der Waals surface area contributed by atoms with Crippen molar-refractivity contribution in [1.82, 2.24) is 0 Å². The summed E-state index contributed by atoms with van der Waals surface area (Å²) in [5.74, 6) is 3.16. The molecule has 0 radical (unpaired) electrons. The van der Waals surface area contributed by atoms with Gasteiger partial charge in [0.2, 0.25) is 0 Å². The molecule has 0 amide bonds. The fourth-order valence-corrected chi connectivity index (χ4v) is 9.26. The maximum atomic E-state index is 14.0. The van der Waals surface area contributed by atoms with Gasteiger partial charge in [-0.1, -0.05) is 27.7 Å². The van der Waals surface area contributed by atoms with E-state index < -0.39 is 0 Å². The topological polar surface area (TPSA) is 63.6 Å². The van der Waals surface area contributed by atoms with Gasteiger partial charge in [-0.05, 0) is 98.2 Å². The number of methoxy groups -OCH3 is 1. The quantitative estimate of drug-likeness (QED) is 0.590. The Hall–Kier alpha value is -0.900. The standard InChI is InChI=1S/C27H44O4/c1-6-18-22-15-17(28)11-13-27(22,4)21-12-14-26(3)19(16(2)7-10-23(29)31-5)8-9-20(26)24(21)25(18)30/h16-22,24,28H,6-15H2,1-5H3. The number of rotatable bonds is 5. The molecule has 10 atom stereocenters. The number of ether oxygens (including phenoxy) is 1. The second-order valence-electron chi connectivity index (χ2n) is 12.0. The molecule has 0 spiro atoms. The molecule has 10 unspecified atom stereocenters. The molecule has 4 aliphatic carbocycles. The smallest absolute Gasteiger partial charge is 0.305 e. The number of aliphatic hydroxyl groups is 1. The molecule has 0 bridgehead atoms. The van der Waals surface area contributed by atoms with E-state index in [1.165, 1.54) is 20.0 Å². The highest BCUT2D eigenvalue weighted by atomic mass is 16.5. The van der Waals surface area contributed by atoms with E-state index >= 15 is 0 Å². The third kappa shape index (κ3) is 3.60. The van der Waals surface area contributed by atoms with E-state index in [-0.39, 0.29) is 34.7 Å². The van der Waals surface area contributed by atoms with Crippen molar-refractivity contribution in [2.45, 2.75) is 98.0 Å². The molecule has 0 aliphatic heterocycles. The van der Waals surface area contributed by atoms with Gasteiger partial charge in [-0.25, -0.2) is 0 Å². The van der Waals surface area contributed by atoms with Crippen LogP contribution in [-0.2, 0) is 14.3 Å². The summed E-state index contributed by atoms with van der Waals surface area (Å²) in [5, 5.41) is 10.4. The minimum atomic E-state index is -0.225. The van der Waals surface area contributed by atoms with Crippen LogP contribution in [0.1, 0.15) is 91.9 Å². The molecule has 176 valence electrons. The zero-order chi connectivity index (χ0) is 22.6. The summed E-state index contributed by atoms with van der Waals surface area (Å²) in [5.41, 5.74) is 0.413. The van der Waals surface area contributed by atoms with Gasteiger partial charge < -0.3 is 9.84 Å². The highest BCUT2D eigenvalue weighted by Gasteiger charge is 2.65. The lowest BCUT2D eigenvalue weighted by Gasteiger charge is -2.62. The molecular weight excluding hydrogens is 388 g/mol. The molecule has 4 heteroatoms. The summed E-state index contributed by atoms with van der Waals surface area (Å²) in [6, 6.07) is 0. The number of hydrogen-bond acceptors (Lipinski definition) is 4. The SMILES string of the molecule is CCC1C(=O)C2C3CCC(C(C)CCC(=O)OC)C3(C)CCC2C2(C)CCC(O)CC12. The summed E-state index contributed by atoms with van der Waals surface area (Å²) < 4.78 is 4.87. The Balaban J connectivity index is 1.59. The first-order chi connectivity index (χ1) is 14.7. The maximum absolute atomic E-state index is 14.0. The van der Waals surface area contributed by atoms with Crippen molar-refractivity contribution in [1.29, 1.82) is 0 Å². The van der Waals surface area contributed by atoms with Crippen molar-refractivity contribution in [3.63, 3.8) is 0 Å². The first kappa shape index (κ1) is 23.3. The first-order valence-electron chi connectivity index (χ1n) is 13.0. The summed E-state index contributed by atoms with van der Waals surface area (Å²) in [6.07, 6.45) is 9.59. The van der Waals surface area contributed by atoms with Crippen LogP contribution in [0.3, 0.4) is 0 Å². The van der Waals surface area contributed by atoms with Crippen LogP contribution in [0.25, 0.3) is 0 Å². The Bertz CT molecular complexity index is 703. The second kappa shape index (κ2) is 8.47. The van der Waals surface area contributed by atoms with E-state index in [4.69, 9.17) is 4.74 Å². The van der Waals surface area contributed by atoms with Gasteiger partial charge in [0, 0.05) is 18.3 Å². The Morgan fingerprint density at radius 1 is 1.10 bits per heavy atom. The molecule has 0 aromatic carbocycles. The number of aliphatic hydroxyl groups excluding tert-OH is 1. The molecule has 0 saturated heterocycles.